The van der Waals surface area contributed by atoms with Gasteiger partial charge in [0, 0.05) is 13.1 Å². The Bertz CT molecular complexity index is 280. The van der Waals surface area contributed by atoms with Crippen LogP contribution in [0, 0.1) is 0 Å². The van der Waals surface area contributed by atoms with Crippen LogP contribution >= 0.6 is 0 Å². The molecule has 0 atom stereocenters. The summed E-state index contributed by atoms with van der Waals surface area (Å²) in [6, 6.07) is -0.415. The molecule has 1 N–H and O–H groups in total. The van der Waals surface area contributed by atoms with Crippen LogP contribution in [0.15, 0.2) is 0 Å². The average Bonchev–Trinajstić information content (AvgIpc) is 2.33. The van der Waals surface area contributed by atoms with Gasteiger partial charge < -0.3 is 19.7 Å². The van der Waals surface area contributed by atoms with Gasteiger partial charge in [-0.05, 0) is 6.92 Å². The van der Waals surface area contributed by atoms with E-state index in [1.807, 2.05) is 0 Å². The highest BCUT2D eigenvalue weighted by atomic mass is 16.5. The molecule has 0 aliphatic carbocycles. The quantitative estimate of drug-likeness (QED) is 0.653. The van der Waals surface area contributed by atoms with E-state index in [0.29, 0.717) is 6.54 Å². The molecule has 0 rings (SSSR count). The van der Waals surface area contributed by atoms with Crippen LogP contribution in [0.25, 0.3) is 0 Å². The van der Waals surface area contributed by atoms with Crippen molar-refractivity contribution in [3.05, 3.63) is 0 Å². The smallest absolute Gasteiger partial charge is 0.325 e. The van der Waals surface area contributed by atoms with Gasteiger partial charge in [0.15, 0.2) is 0 Å². The zero-order chi connectivity index (χ0) is 13.3. The van der Waals surface area contributed by atoms with Crippen molar-refractivity contribution in [1.29, 1.82) is 0 Å². The van der Waals surface area contributed by atoms with Crippen LogP contribution < -0.4 is 5.32 Å². The van der Waals surface area contributed by atoms with Gasteiger partial charge in [-0.25, -0.2) is 4.79 Å². The molecule has 0 fully saturated rings. The van der Waals surface area contributed by atoms with Gasteiger partial charge in [-0.15, -0.1) is 0 Å². The third-order valence-corrected chi connectivity index (χ3v) is 1.98. The van der Waals surface area contributed by atoms with Crippen LogP contribution in [-0.4, -0.2) is 56.7 Å². The van der Waals surface area contributed by atoms with E-state index >= 15 is 0 Å². The predicted octanol–water partition coefficient (Wildman–Crippen LogP) is -0.246. The molecule has 0 spiro atoms. The first kappa shape index (κ1) is 15.2. The minimum absolute atomic E-state index is 0.0324. The Balaban J connectivity index is 4.34. The fraction of sp³-hybridized carbons (Fsp3) is 0.700. The first-order valence-corrected chi connectivity index (χ1v) is 5.21. The molecular formula is C10H18N2O5. The standard InChI is InChI=1S/C10H18N2O5/c1-4-11-10(15)12(7-9(14)17-3)6-5-8(13)16-2/h4-7H2,1-3H3,(H,11,15). The van der Waals surface area contributed by atoms with Gasteiger partial charge >= 0.3 is 18.0 Å². The molecule has 7 heteroatoms. The third-order valence-electron chi connectivity index (χ3n) is 1.98. The normalized spacial score (nSPS) is 9.35. The van der Waals surface area contributed by atoms with Crippen molar-refractivity contribution in [2.24, 2.45) is 0 Å². The zero-order valence-electron chi connectivity index (χ0n) is 10.3. The summed E-state index contributed by atoms with van der Waals surface area (Å²) in [5.74, 6) is -0.981. The molecule has 0 heterocycles. The Morgan fingerprint density at radius 1 is 1.12 bits per heavy atom. The van der Waals surface area contributed by atoms with E-state index in [9.17, 15) is 14.4 Å². The van der Waals surface area contributed by atoms with E-state index in [1.165, 1.54) is 19.1 Å². The lowest BCUT2D eigenvalue weighted by Gasteiger charge is -2.20. The summed E-state index contributed by atoms with van der Waals surface area (Å²) >= 11 is 0. The fourth-order valence-corrected chi connectivity index (χ4v) is 1.06. The number of carbonyl (C=O) groups excluding carboxylic acids is 3. The lowest BCUT2D eigenvalue weighted by molar-refractivity contribution is -0.143. The van der Waals surface area contributed by atoms with Crippen molar-refractivity contribution in [1.82, 2.24) is 10.2 Å². The molecule has 98 valence electrons. The molecule has 7 nitrogen and oxygen atoms in total. The summed E-state index contributed by atoms with van der Waals surface area (Å²) in [6.07, 6.45) is 0.0324. The minimum atomic E-state index is -0.541. The van der Waals surface area contributed by atoms with Gasteiger partial charge in [0.25, 0.3) is 0 Å². The summed E-state index contributed by atoms with van der Waals surface area (Å²) in [6.45, 7) is 2.11. The largest absolute Gasteiger partial charge is 0.469 e. The number of methoxy groups -OCH3 is 2. The number of carbonyl (C=O) groups is 3. The molecule has 0 aromatic rings. The van der Waals surface area contributed by atoms with Crippen LogP contribution in [0.5, 0.6) is 0 Å². The number of hydrogen-bond donors (Lipinski definition) is 1. The summed E-state index contributed by atoms with van der Waals surface area (Å²) < 4.78 is 8.92. The Morgan fingerprint density at radius 2 is 1.71 bits per heavy atom. The molecule has 0 aliphatic rings. The third kappa shape index (κ3) is 6.39. The second kappa shape index (κ2) is 8.37. The van der Waals surface area contributed by atoms with Gasteiger partial charge in [-0.2, -0.15) is 0 Å². The van der Waals surface area contributed by atoms with Crippen molar-refractivity contribution in [3.63, 3.8) is 0 Å². The fourth-order valence-electron chi connectivity index (χ4n) is 1.06. The first-order valence-electron chi connectivity index (χ1n) is 5.21. The second-order valence-electron chi connectivity index (χ2n) is 3.16. The summed E-state index contributed by atoms with van der Waals surface area (Å²) in [7, 11) is 2.50. The van der Waals surface area contributed by atoms with Crippen LogP contribution in [0.2, 0.25) is 0 Å². The van der Waals surface area contributed by atoms with Crippen molar-refractivity contribution >= 4 is 18.0 Å². The van der Waals surface area contributed by atoms with Gasteiger partial charge in [0.1, 0.15) is 6.54 Å². The summed E-state index contributed by atoms with van der Waals surface area (Å²) in [4.78, 5) is 34.8. The molecule has 0 aromatic heterocycles. The van der Waals surface area contributed by atoms with Gasteiger partial charge in [0.2, 0.25) is 0 Å². The first-order chi connectivity index (χ1) is 8.04. The lowest BCUT2D eigenvalue weighted by Crippen LogP contribution is -2.44. The maximum absolute atomic E-state index is 11.6. The van der Waals surface area contributed by atoms with Crippen molar-refractivity contribution in [2.45, 2.75) is 13.3 Å². The number of esters is 2. The van der Waals surface area contributed by atoms with Gasteiger partial charge in [0.05, 0.1) is 20.6 Å². The predicted molar refractivity (Wildman–Crippen MR) is 59.3 cm³/mol. The Morgan fingerprint density at radius 3 is 2.18 bits per heavy atom. The topological polar surface area (TPSA) is 84.9 Å². The van der Waals surface area contributed by atoms with E-state index in [1.54, 1.807) is 6.92 Å². The number of rotatable bonds is 6. The van der Waals surface area contributed by atoms with Crippen LogP contribution in [0.1, 0.15) is 13.3 Å². The molecule has 0 bridgehead atoms. The molecule has 2 amide bonds. The number of nitrogens with one attached hydrogen (secondary N) is 1. The molecule has 0 saturated heterocycles. The van der Waals surface area contributed by atoms with Gasteiger partial charge in [-0.3, -0.25) is 9.59 Å². The van der Waals surface area contributed by atoms with E-state index in [0.717, 1.165) is 0 Å². The Kier molecular flexibility index (Phi) is 7.49. The lowest BCUT2D eigenvalue weighted by atomic mass is 10.4. The highest BCUT2D eigenvalue weighted by molar-refractivity contribution is 5.81. The molecule has 0 aliphatic heterocycles. The number of amides is 2. The van der Waals surface area contributed by atoms with Crippen molar-refractivity contribution < 1.29 is 23.9 Å². The molecule has 0 aromatic carbocycles. The average molecular weight is 246 g/mol. The van der Waals surface area contributed by atoms with Gasteiger partial charge in [-0.1, -0.05) is 0 Å². The van der Waals surface area contributed by atoms with E-state index in [-0.39, 0.29) is 19.5 Å². The number of ether oxygens (including phenoxy) is 2. The Labute approximate surface area is 100 Å². The van der Waals surface area contributed by atoms with Crippen LogP contribution in [-0.2, 0) is 19.1 Å². The number of hydrogen-bond acceptors (Lipinski definition) is 5. The van der Waals surface area contributed by atoms with Crippen molar-refractivity contribution in [3.8, 4) is 0 Å². The van der Waals surface area contributed by atoms with Crippen LogP contribution in [0.4, 0.5) is 4.79 Å². The highest BCUT2D eigenvalue weighted by Crippen LogP contribution is 1.96. The highest BCUT2D eigenvalue weighted by Gasteiger charge is 2.17. The number of urea groups is 1. The molecule has 0 saturated carbocycles. The maximum atomic E-state index is 11.6. The maximum Gasteiger partial charge on any atom is 0.325 e. The van der Waals surface area contributed by atoms with Crippen molar-refractivity contribution in [2.75, 3.05) is 33.9 Å². The molecule has 0 radical (unpaired) electrons. The van der Waals surface area contributed by atoms with E-state index in [4.69, 9.17) is 0 Å². The minimum Gasteiger partial charge on any atom is -0.469 e. The monoisotopic (exact) mass is 246 g/mol. The van der Waals surface area contributed by atoms with E-state index < -0.39 is 18.0 Å². The second-order valence-corrected chi connectivity index (χ2v) is 3.16. The molecule has 0 unspecified atom stereocenters. The van der Waals surface area contributed by atoms with Crippen LogP contribution in [0.3, 0.4) is 0 Å². The van der Waals surface area contributed by atoms with E-state index in [2.05, 4.69) is 14.8 Å². The number of nitrogens with zero attached hydrogens (tertiary/aromatic N) is 1. The summed E-state index contributed by atoms with van der Waals surface area (Å²) in [5.41, 5.74) is 0. The zero-order valence-corrected chi connectivity index (χ0v) is 10.3. The Hall–Kier alpha value is -1.79. The molecular weight excluding hydrogens is 228 g/mol. The summed E-state index contributed by atoms with van der Waals surface area (Å²) in [5, 5.41) is 2.54. The SMILES string of the molecule is CCNC(=O)N(CCC(=O)OC)CC(=O)OC. The molecule has 17 heavy (non-hydrogen) atoms.